The lowest BCUT2D eigenvalue weighted by Gasteiger charge is -2.45. The Balaban J connectivity index is 1.36. The van der Waals surface area contributed by atoms with Crippen molar-refractivity contribution in [3.63, 3.8) is 0 Å². The Morgan fingerprint density at radius 3 is 2.66 bits per heavy atom. The van der Waals surface area contributed by atoms with Crippen LogP contribution in [0.15, 0.2) is 24.3 Å². The van der Waals surface area contributed by atoms with Gasteiger partial charge in [-0.25, -0.2) is 0 Å². The first-order chi connectivity index (χ1) is 14.1. The number of nitrogens with zero attached hydrogens (tertiary/aromatic N) is 3. The monoisotopic (exact) mass is 399 g/mol. The number of carbonyl (C=O) groups excluding carboxylic acids is 2. The summed E-state index contributed by atoms with van der Waals surface area (Å²) in [6, 6.07) is 8.10. The number of anilines is 1. The molecule has 6 nitrogen and oxygen atoms in total. The van der Waals surface area contributed by atoms with E-state index in [1.165, 1.54) is 45.2 Å². The number of fused-ring (bicyclic) bond motifs is 1. The predicted octanol–water partition coefficient (Wildman–Crippen LogP) is 2.77. The fourth-order valence-electron chi connectivity index (χ4n) is 5.43. The van der Waals surface area contributed by atoms with Crippen molar-refractivity contribution in [1.82, 2.24) is 9.80 Å². The highest BCUT2D eigenvalue weighted by Crippen LogP contribution is 2.32. The lowest BCUT2D eigenvalue weighted by atomic mass is 9.83. The van der Waals surface area contributed by atoms with Gasteiger partial charge in [0.25, 0.3) is 0 Å². The van der Waals surface area contributed by atoms with Crippen molar-refractivity contribution in [1.29, 1.82) is 0 Å². The average molecular weight is 400 g/mol. The smallest absolute Gasteiger partial charge is 0.227 e. The van der Waals surface area contributed by atoms with Crippen LogP contribution in [-0.2, 0) is 9.59 Å². The van der Waals surface area contributed by atoms with Crippen LogP contribution in [0.5, 0.6) is 5.75 Å². The maximum Gasteiger partial charge on any atom is 0.227 e. The van der Waals surface area contributed by atoms with Gasteiger partial charge in [-0.15, -0.1) is 0 Å². The van der Waals surface area contributed by atoms with Crippen LogP contribution in [0.3, 0.4) is 0 Å². The standard InChI is InChI=1S/C23H33N3O3/c1-24(15-17-6-5-13-25-12-4-3-7-21(17)25)23(28)18-14-22(27)26(16-18)19-8-10-20(29-2)11-9-19/h8-11,17-18,21H,3-7,12-16H2,1-2H3/t17-,18?,21+/m1/s1. The first-order valence-electron chi connectivity index (χ1n) is 11.0. The number of benzene rings is 1. The van der Waals surface area contributed by atoms with Crippen molar-refractivity contribution in [2.24, 2.45) is 11.8 Å². The fourth-order valence-corrected chi connectivity index (χ4v) is 5.43. The van der Waals surface area contributed by atoms with Crippen LogP contribution in [0, 0.1) is 11.8 Å². The normalized spacial score (nSPS) is 27.6. The van der Waals surface area contributed by atoms with Crippen LogP contribution in [0.1, 0.15) is 38.5 Å². The minimum Gasteiger partial charge on any atom is -0.497 e. The molecule has 0 saturated carbocycles. The molecular weight excluding hydrogens is 366 g/mol. The Hall–Kier alpha value is -2.08. The molecule has 6 heteroatoms. The van der Waals surface area contributed by atoms with Crippen molar-refractivity contribution in [3.8, 4) is 5.75 Å². The molecule has 3 heterocycles. The third-order valence-corrected chi connectivity index (χ3v) is 6.97. The topological polar surface area (TPSA) is 53.1 Å². The first kappa shape index (κ1) is 20.2. The summed E-state index contributed by atoms with van der Waals surface area (Å²) in [6.07, 6.45) is 6.62. The highest BCUT2D eigenvalue weighted by atomic mass is 16.5. The molecule has 0 N–H and O–H groups in total. The lowest BCUT2D eigenvalue weighted by molar-refractivity contribution is -0.135. The molecule has 3 fully saturated rings. The van der Waals surface area contributed by atoms with Crippen LogP contribution >= 0.6 is 0 Å². The van der Waals surface area contributed by atoms with Gasteiger partial charge in [0.05, 0.1) is 13.0 Å². The van der Waals surface area contributed by atoms with E-state index < -0.39 is 0 Å². The molecule has 3 aliphatic heterocycles. The Kier molecular flexibility index (Phi) is 6.09. The first-order valence-corrected chi connectivity index (χ1v) is 11.0. The molecule has 0 spiro atoms. The van der Waals surface area contributed by atoms with Gasteiger partial charge in [-0.2, -0.15) is 0 Å². The van der Waals surface area contributed by atoms with E-state index in [-0.39, 0.29) is 17.7 Å². The molecule has 3 saturated heterocycles. The number of rotatable bonds is 5. The van der Waals surface area contributed by atoms with E-state index in [0.29, 0.717) is 24.9 Å². The zero-order valence-electron chi connectivity index (χ0n) is 17.7. The summed E-state index contributed by atoms with van der Waals surface area (Å²) >= 11 is 0. The van der Waals surface area contributed by atoms with Gasteiger partial charge in [0.1, 0.15) is 5.75 Å². The van der Waals surface area contributed by atoms with E-state index in [2.05, 4.69) is 4.90 Å². The molecule has 0 bridgehead atoms. The second-order valence-electron chi connectivity index (χ2n) is 8.82. The Labute approximate surface area is 173 Å². The second kappa shape index (κ2) is 8.74. The van der Waals surface area contributed by atoms with E-state index in [9.17, 15) is 9.59 Å². The quantitative estimate of drug-likeness (QED) is 0.764. The molecule has 2 amide bonds. The number of methoxy groups -OCH3 is 1. The molecule has 4 rings (SSSR count). The third kappa shape index (κ3) is 4.27. The molecule has 1 aromatic carbocycles. The number of ether oxygens (including phenoxy) is 1. The van der Waals surface area contributed by atoms with E-state index >= 15 is 0 Å². The van der Waals surface area contributed by atoms with Crippen LogP contribution in [0.2, 0.25) is 0 Å². The number of hydrogen-bond acceptors (Lipinski definition) is 4. The summed E-state index contributed by atoms with van der Waals surface area (Å²) in [7, 11) is 3.55. The van der Waals surface area contributed by atoms with Gasteiger partial charge >= 0.3 is 0 Å². The van der Waals surface area contributed by atoms with Crippen LogP contribution in [0.4, 0.5) is 5.69 Å². The fraction of sp³-hybridized carbons (Fsp3) is 0.652. The zero-order valence-corrected chi connectivity index (χ0v) is 17.7. The van der Waals surface area contributed by atoms with Crippen molar-refractivity contribution in [2.45, 2.75) is 44.6 Å². The molecule has 158 valence electrons. The number of hydrogen-bond donors (Lipinski definition) is 0. The van der Waals surface area contributed by atoms with Gasteiger partial charge < -0.3 is 19.4 Å². The highest BCUT2D eigenvalue weighted by Gasteiger charge is 2.38. The maximum absolute atomic E-state index is 13.1. The third-order valence-electron chi connectivity index (χ3n) is 6.97. The van der Waals surface area contributed by atoms with Gasteiger partial charge in [0, 0.05) is 38.3 Å². The molecule has 0 radical (unpaired) electrons. The second-order valence-corrected chi connectivity index (χ2v) is 8.82. The molecule has 1 aromatic rings. The summed E-state index contributed by atoms with van der Waals surface area (Å²) in [5, 5.41) is 0. The summed E-state index contributed by atoms with van der Waals surface area (Å²) in [6.45, 7) is 3.71. The van der Waals surface area contributed by atoms with Crippen molar-refractivity contribution in [3.05, 3.63) is 24.3 Å². The molecular formula is C23H33N3O3. The molecule has 0 aromatic heterocycles. The minimum atomic E-state index is -0.249. The molecule has 3 atom stereocenters. The zero-order chi connectivity index (χ0) is 20.4. The summed E-state index contributed by atoms with van der Waals surface area (Å²) in [4.78, 5) is 32.0. The average Bonchev–Trinajstić information content (AvgIpc) is 3.15. The van der Waals surface area contributed by atoms with Crippen LogP contribution in [-0.4, -0.2) is 68.0 Å². The van der Waals surface area contributed by atoms with Crippen LogP contribution in [0.25, 0.3) is 0 Å². The Morgan fingerprint density at radius 2 is 1.90 bits per heavy atom. The van der Waals surface area contributed by atoms with E-state index in [1.807, 2.05) is 36.2 Å². The SMILES string of the molecule is COc1ccc(N2CC(C(=O)N(C)C[C@H]3CCCN4CCCC[C@@H]34)CC2=O)cc1. The van der Waals surface area contributed by atoms with Gasteiger partial charge in [0.15, 0.2) is 0 Å². The van der Waals surface area contributed by atoms with Gasteiger partial charge in [-0.1, -0.05) is 6.42 Å². The van der Waals surface area contributed by atoms with Crippen molar-refractivity contribution < 1.29 is 14.3 Å². The van der Waals surface area contributed by atoms with Crippen LogP contribution < -0.4 is 9.64 Å². The minimum absolute atomic E-state index is 0.0260. The molecule has 0 aliphatic carbocycles. The van der Waals surface area contributed by atoms with Gasteiger partial charge in [-0.3, -0.25) is 9.59 Å². The van der Waals surface area contributed by atoms with E-state index in [1.54, 1.807) is 12.0 Å². The van der Waals surface area contributed by atoms with Crippen molar-refractivity contribution >= 4 is 17.5 Å². The number of amides is 2. The maximum atomic E-state index is 13.1. The number of piperidine rings is 2. The highest BCUT2D eigenvalue weighted by molar-refractivity contribution is 6.00. The van der Waals surface area contributed by atoms with E-state index in [4.69, 9.17) is 4.74 Å². The lowest BCUT2D eigenvalue weighted by Crippen LogP contribution is -2.51. The van der Waals surface area contributed by atoms with E-state index in [0.717, 1.165) is 18.0 Å². The molecule has 29 heavy (non-hydrogen) atoms. The van der Waals surface area contributed by atoms with Crippen molar-refractivity contribution in [2.75, 3.05) is 45.2 Å². The van der Waals surface area contributed by atoms with Gasteiger partial charge in [0.2, 0.25) is 11.8 Å². The van der Waals surface area contributed by atoms with Gasteiger partial charge in [-0.05, 0) is 69.0 Å². The summed E-state index contributed by atoms with van der Waals surface area (Å²) < 4.78 is 5.19. The number of carbonyl (C=O) groups is 2. The molecule has 1 unspecified atom stereocenters. The largest absolute Gasteiger partial charge is 0.497 e. The Morgan fingerprint density at radius 1 is 1.14 bits per heavy atom. The summed E-state index contributed by atoms with van der Waals surface area (Å²) in [5.41, 5.74) is 0.832. The molecule has 3 aliphatic rings. The summed E-state index contributed by atoms with van der Waals surface area (Å²) in [5.74, 6) is 1.21. The predicted molar refractivity (Wildman–Crippen MR) is 113 cm³/mol. The Bertz CT molecular complexity index is 733.